The van der Waals surface area contributed by atoms with E-state index in [1.165, 1.54) is 12.1 Å². The molecule has 1 aliphatic heterocycles. The molecule has 1 atom stereocenters. The third-order valence-electron chi connectivity index (χ3n) is 5.56. The molecule has 1 aromatic carbocycles. The van der Waals surface area contributed by atoms with Crippen molar-refractivity contribution in [3.05, 3.63) is 39.9 Å². The first-order chi connectivity index (χ1) is 16.1. The molecule has 0 saturated carbocycles. The average molecular weight is 482 g/mol. The molecule has 1 aromatic rings. The van der Waals surface area contributed by atoms with Gasteiger partial charge in [-0.05, 0) is 12.0 Å². The monoisotopic (exact) mass is 481 g/mol. The normalized spacial score (nSPS) is 17.3. The van der Waals surface area contributed by atoms with Crippen LogP contribution < -0.4 is 5.32 Å². The van der Waals surface area contributed by atoms with Gasteiger partial charge in [-0.2, -0.15) is 0 Å². The minimum absolute atomic E-state index is 0.0316. The van der Waals surface area contributed by atoms with Gasteiger partial charge in [0.05, 0.1) is 24.6 Å². The van der Waals surface area contributed by atoms with Crippen LogP contribution in [0.25, 0.3) is 0 Å². The van der Waals surface area contributed by atoms with E-state index in [1.807, 2.05) is 0 Å². The number of nitrogens with one attached hydrogen (secondary N) is 1. The second kappa shape index (κ2) is 13.5. The van der Waals surface area contributed by atoms with Crippen molar-refractivity contribution >= 4 is 23.6 Å². The summed E-state index contributed by atoms with van der Waals surface area (Å²) in [4.78, 5) is 49.5. The minimum atomic E-state index is -1.02. The molecule has 0 aromatic heterocycles. The van der Waals surface area contributed by atoms with Gasteiger partial charge in [0.15, 0.2) is 0 Å². The lowest BCUT2D eigenvalue weighted by atomic mass is 10.0. The maximum absolute atomic E-state index is 11.2. The van der Waals surface area contributed by atoms with Crippen LogP contribution in [0.3, 0.4) is 0 Å². The largest absolute Gasteiger partial charge is 0.480 e. The molecule has 188 valence electrons. The molecule has 0 unspecified atom stereocenters. The van der Waals surface area contributed by atoms with Crippen LogP contribution in [0.5, 0.6) is 0 Å². The Morgan fingerprint density at radius 3 is 1.74 bits per heavy atom. The lowest BCUT2D eigenvalue weighted by Crippen LogP contribution is -2.47. The number of carbonyl (C=O) groups is 3. The number of carboxylic acids is 3. The molecule has 0 amide bonds. The van der Waals surface area contributed by atoms with Crippen LogP contribution in [-0.2, 0) is 20.8 Å². The number of carboxylic acid groups (broad SMARTS) is 3. The Labute approximate surface area is 196 Å². The van der Waals surface area contributed by atoms with Crippen LogP contribution in [-0.4, -0.2) is 124 Å². The summed E-state index contributed by atoms with van der Waals surface area (Å²) < 4.78 is 0. The van der Waals surface area contributed by atoms with Crippen molar-refractivity contribution in [3.8, 4) is 0 Å². The maximum Gasteiger partial charge on any atom is 0.317 e. The molecular weight excluding hydrogens is 450 g/mol. The van der Waals surface area contributed by atoms with Gasteiger partial charge < -0.3 is 20.6 Å². The molecule has 1 heterocycles. The molecular formula is C21H31N5O8. The SMILES string of the molecule is O=C(O)CN[C@@H](Cc1ccc([N+](=O)[O-])cc1)CN1CCN(CC(=O)O)CCN(CC(=O)O)CC1. The number of hydrogen-bond acceptors (Lipinski definition) is 9. The minimum Gasteiger partial charge on any atom is -0.480 e. The van der Waals surface area contributed by atoms with Gasteiger partial charge in [0.1, 0.15) is 0 Å². The van der Waals surface area contributed by atoms with Crippen LogP contribution in [0, 0.1) is 10.1 Å². The molecule has 0 radical (unpaired) electrons. The predicted octanol–water partition coefficient (Wildman–Crippen LogP) is -0.731. The van der Waals surface area contributed by atoms with Gasteiger partial charge >= 0.3 is 17.9 Å². The molecule has 34 heavy (non-hydrogen) atoms. The summed E-state index contributed by atoms with van der Waals surface area (Å²) in [6.07, 6.45) is 0.430. The highest BCUT2D eigenvalue weighted by Gasteiger charge is 2.22. The fourth-order valence-corrected chi connectivity index (χ4v) is 3.85. The highest BCUT2D eigenvalue weighted by atomic mass is 16.6. The lowest BCUT2D eigenvalue weighted by molar-refractivity contribution is -0.384. The van der Waals surface area contributed by atoms with E-state index in [9.17, 15) is 34.7 Å². The first kappa shape index (κ1) is 27.1. The molecule has 4 N–H and O–H groups in total. The number of rotatable bonds is 12. The summed E-state index contributed by atoms with van der Waals surface area (Å²) in [6, 6.07) is 5.78. The standard InChI is InChI=1S/C21H31N5O8/c27-19(28)12-22-17(11-16-1-3-18(4-2-16)26(33)34)13-23-5-7-24(14-20(29)30)9-10-25(8-6-23)15-21(31)32/h1-4,17,22H,5-15H2,(H,27,28)(H,29,30)(H,31,32)/t17-/m0/s1. The average Bonchev–Trinajstić information content (AvgIpc) is 2.84. The van der Waals surface area contributed by atoms with Crippen molar-refractivity contribution in [2.45, 2.75) is 12.5 Å². The number of nitro groups is 1. The predicted molar refractivity (Wildman–Crippen MR) is 121 cm³/mol. The molecule has 1 fully saturated rings. The zero-order chi connectivity index (χ0) is 25.1. The van der Waals surface area contributed by atoms with E-state index < -0.39 is 22.8 Å². The van der Waals surface area contributed by atoms with Gasteiger partial charge in [0.2, 0.25) is 0 Å². The van der Waals surface area contributed by atoms with Crippen molar-refractivity contribution in [2.24, 2.45) is 0 Å². The third kappa shape index (κ3) is 10.2. The number of non-ortho nitro benzene ring substituents is 1. The fourth-order valence-electron chi connectivity index (χ4n) is 3.85. The number of nitrogens with zero attached hydrogens (tertiary/aromatic N) is 4. The molecule has 0 spiro atoms. The van der Waals surface area contributed by atoms with Crippen LogP contribution >= 0.6 is 0 Å². The van der Waals surface area contributed by atoms with Gasteiger partial charge in [0, 0.05) is 64.0 Å². The van der Waals surface area contributed by atoms with Crippen molar-refractivity contribution in [2.75, 3.05) is 65.4 Å². The number of benzene rings is 1. The Morgan fingerprint density at radius 1 is 0.853 bits per heavy atom. The van der Waals surface area contributed by atoms with Gasteiger partial charge in [-0.1, -0.05) is 12.1 Å². The van der Waals surface area contributed by atoms with Crippen LogP contribution in [0.4, 0.5) is 5.69 Å². The summed E-state index contributed by atoms with van der Waals surface area (Å²) in [5.74, 6) is -2.94. The first-order valence-corrected chi connectivity index (χ1v) is 10.9. The molecule has 0 aliphatic carbocycles. The topological polar surface area (TPSA) is 177 Å². The van der Waals surface area contributed by atoms with E-state index in [2.05, 4.69) is 10.2 Å². The maximum atomic E-state index is 11.2. The Bertz CT molecular complexity index is 822. The van der Waals surface area contributed by atoms with Crippen molar-refractivity contribution in [1.29, 1.82) is 0 Å². The summed E-state index contributed by atoms with van der Waals surface area (Å²) in [7, 11) is 0. The van der Waals surface area contributed by atoms with E-state index in [-0.39, 0.29) is 31.4 Å². The van der Waals surface area contributed by atoms with E-state index in [0.717, 1.165) is 5.56 Å². The number of hydrogen-bond donors (Lipinski definition) is 4. The summed E-state index contributed by atoms with van der Waals surface area (Å²) in [5.41, 5.74) is 0.772. The summed E-state index contributed by atoms with van der Waals surface area (Å²) in [6.45, 7) is 2.71. The first-order valence-electron chi connectivity index (χ1n) is 10.9. The van der Waals surface area contributed by atoms with E-state index >= 15 is 0 Å². The van der Waals surface area contributed by atoms with Crippen LogP contribution in [0.15, 0.2) is 24.3 Å². The smallest absolute Gasteiger partial charge is 0.317 e. The van der Waals surface area contributed by atoms with Crippen molar-refractivity contribution < 1.29 is 34.6 Å². The van der Waals surface area contributed by atoms with Crippen molar-refractivity contribution in [1.82, 2.24) is 20.0 Å². The second-order valence-corrected chi connectivity index (χ2v) is 8.24. The lowest BCUT2D eigenvalue weighted by Gasteiger charge is -2.29. The Morgan fingerprint density at radius 2 is 1.32 bits per heavy atom. The fraction of sp³-hybridized carbons (Fsp3) is 0.571. The van der Waals surface area contributed by atoms with E-state index in [4.69, 9.17) is 5.11 Å². The zero-order valence-corrected chi connectivity index (χ0v) is 18.8. The quantitative estimate of drug-likeness (QED) is 0.218. The molecule has 2 rings (SSSR count). The van der Waals surface area contributed by atoms with Gasteiger partial charge in [-0.25, -0.2) is 0 Å². The third-order valence-corrected chi connectivity index (χ3v) is 5.56. The summed E-state index contributed by atoms with van der Waals surface area (Å²) in [5, 5.41) is 41.4. The number of nitro benzene ring substituents is 1. The highest BCUT2D eigenvalue weighted by molar-refractivity contribution is 5.69. The molecule has 1 saturated heterocycles. The van der Waals surface area contributed by atoms with Crippen LogP contribution in [0.1, 0.15) is 5.56 Å². The van der Waals surface area contributed by atoms with Gasteiger partial charge in [0.25, 0.3) is 5.69 Å². The van der Waals surface area contributed by atoms with Gasteiger partial charge in [-0.3, -0.25) is 39.2 Å². The Balaban J connectivity index is 2.12. The number of aliphatic carboxylic acids is 3. The van der Waals surface area contributed by atoms with E-state index in [1.54, 1.807) is 21.9 Å². The summed E-state index contributed by atoms with van der Waals surface area (Å²) >= 11 is 0. The molecule has 0 bridgehead atoms. The zero-order valence-electron chi connectivity index (χ0n) is 18.8. The highest BCUT2D eigenvalue weighted by Crippen LogP contribution is 2.14. The molecule has 1 aliphatic rings. The Kier molecular flexibility index (Phi) is 10.8. The molecule has 13 nitrogen and oxygen atoms in total. The molecule has 13 heteroatoms. The van der Waals surface area contributed by atoms with Crippen molar-refractivity contribution in [3.63, 3.8) is 0 Å². The van der Waals surface area contributed by atoms with Gasteiger partial charge in [-0.15, -0.1) is 0 Å². The van der Waals surface area contributed by atoms with Crippen LogP contribution in [0.2, 0.25) is 0 Å². The second-order valence-electron chi connectivity index (χ2n) is 8.24. The Hall–Kier alpha value is -3.13. The van der Waals surface area contributed by atoms with E-state index in [0.29, 0.717) is 52.2 Å².